The fraction of sp³-hybridized carbons (Fsp3) is 0.133. The Morgan fingerprint density at radius 3 is 2.83 bits per heavy atom. The summed E-state index contributed by atoms with van der Waals surface area (Å²) in [6.07, 6.45) is 6.18. The molecule has 4 rings (SSSR count). The second kappa shape index (κ2) is 3.35. The number of benzene rings is 1. The van der Waals surface area contributed by atoms with E-state index in [0.717, 1.165) is 35.0 Å². The first-order valence-electron chi connectivity index (χ1n) is 5.98. The minimum absolute atomic E-state index is 0.335. The fourth-order valence-electron chi connectivity index (χ4n) is 2.58. The Hall–Kier alpha value is -2.29. The molecular formula is C15H10O3. The molecule has 1 aromatic carbocycles. The van der Waals surface area contributed by atoms with Crippen LogP contribution < -0.4 is 5.63 Å². The van der Waals surface area contributed by atoms with E-state index >= 15 is 0 Å². The molecule has 0 saturated carbocycles. The number of furan rings is 1. The molecule has 0 unspecified atom stereocenters. The zero-order valence-electron chi connectivity index (χ0n) is 9.60. The molecule has 88 valence electrons. The highest BCUT2D eigenvalue weighted by Crippen LogP contribution is 2.34. The molecule has 0 saturated heterocycles. The Labute approximate surface area is 102 Å². The van der Waals surface area contributed by atoms with Gasteiger partial charge in [0, 0.05) is 17.0 Å². The summed E-state index contributed by atoms with van der Waals surface area (Å²) in [4.78, 5) is 11.2. The molecule has 2 heterocycles. The quantitative estimate of drug-likeness (QED) is 0.563. The van der Waals surface area contributed by atoms with Crippen molar-refractivity contribution >= 4 is 28.0 Å². The highest BCUT2D eigenvalue weighted by atomic mass is 16.4. The van der Waals surface area contributed by atoms with Crippen LogP contribution in [-0.2, 0) is 6.42 Å². The first-order valence-corrected chi connectivity index (χ1v) is 5.98. The van der Waals surface area contributed by atoms with Gasteiger partial charge < -0.3 is 8.83 Å². The van der Waals surface area contributed by atoms with Crippen LogP contribution in [0.25, 0.3) is 28.0 Å². The Morgan fingerprint density at radius 1 is 1.00 bits per heavy atom. The van der Waals surface area contributed by atoms with Crippen LogP contribution >= 0.6 is 0 Å². The van der Waals surface area contributed by atoms with Crippen LogP contribution in [0.1, 0.15) is 17.7 Å². The Morgan fingerprint density at radius 2 is 1.89 bits per heavy atom. The van der Waals surface area contributed by atoms with E-state index in [4.69, 9.17) is 8.83 Å². The maximum atomic E-state index is 11.2. The number of hydrogen-bond donors (Lipinski definition) is 0. The van der Waals surface area contributed by atoms with Gasteiger partial charge in [-0.15, -0.1) is 0 Å². The number of aryl methyl sites for hydroxylation is 1. The molecule has 0 N–H and O–H groups in total. The number of allylic oxidation sites excluding steroid dienone is 1. The standard InChI is InChI=1S/C15H10O3/c16-14-8-6-11-13(17-14)7-5-10-9-3-1-2-4-12(9)18-15(10)11/h2,4-8H,1,3H2. The molecule has 3 nitrogen and oxygen atoms in total. The second-order valence-electron chi connectivity index (χ2n) is 4.49. The zero-order valence-corrected chi connectivity index (χ0v) is 9.60. The van der Waals surface area contributed by atoms with E-state index in [1.165, 1.54) is 11.6 Å². The molecule has 0 fully saturated rings. The average molecular weight is 238 g/mol. The predicted octanol–water partition coefficient (Wildman–Crippen LogP) is 3.50. The van der Waals surface area contributed by atoms with Gasteiger partial charge in [-0.2, -0.15) is 0 Å². The summed E-state index contributed by atoms with van der Waals surface area (Å²) in [6.45, 7) is 0. The van der Waals surface area contributed by atoms with Crippen LogP contribution in [0.3, 0.4) is 0 Å². The van der Waals surface area contributed by atoms with E-state index in [1.54, 1.807) is 6.07 Å². The highest BCUT2D eigenvalue weighted by Gasteiger charge is 2.16. The lowest BCUT2D eigenvalue weighted by Crippen LogP contribution is -1.94. The first-order chi connectivity index (χ1) is 8.83. The van der Waals surface area contributed by atoms with Crippen molar-refractivity contribution < 1.29 is 8.83 Å². The number of fused-ring (bicyclic) bond motifs is 5. The average Bonchev–Trinajstić information content (AvgIpc) is 2.77. The molecule has 0 bridgehead atoms. The number of rotatable bonds is 0. The van der Waals surface area contributed by atoms with Crippen molar-refractivity contribution in [3.05, 3.63) is 52.1 Å². The Kier molecular flexibility index (Phi) is 1.81. The minimum Gasteiger partial charge on any atom is -0.456 e. The smallest absolute Gasteiger partial charge is 0.336 e. The van der Waals surface area contributed by atoms with Crippen molar-refractivity contribution in [2.24, 2.45) is 0 Å². The topological polar surface area (TPSA) is 43.4 Å². The van der Waals surface area contributed by atoms with E-state index in [0.29, 0.717) is 5.58 Å². The maximum absolute atomic E-state index is 11.2. The van der Waals surface area contributed by atoms with Gasteiger partial charge in [-0.25, -0.2) is 4.79 Å². The summed E-state index contributed by atoms with van der Waals surface area (Å²) >= 11 is 0. The normalized spacial score (nSPS) is 14.2. The molecule has 0 radical (unpaired) electrons. The van der Waals surface area contributed by atoms with E-state index in [2.05, 4.69) is 6.08 Å². The third kappa shape index (κ3) is 1.21. The van der Waals surface area contributed by atoms with Gasteiger partial charge in [0.2, 0.25) is 0 Å². The molecule has 18 heavy (non-hydrogen) atoms. The van der Waals surface area contributed by atoms with Crippen LogP contribution in [0.2, 0.25) is 0 Å². The molecule has 0 aliphatic heterocycles. The van der Waals surface area contributed by atoms with Crippen molar-refractivity contribution in [1.29, 1.82) is 0 Å². The molecular weight excluding hydrogens is 228 g/mol. The van der Waals surface area contributed by atoms with Gasteiger partial charge in [0.1, 0.15) is 16.9 Å². The van der Waals surface area contributed by atoms with Gasteiger partial charge in [-0.3, -0.25) is 0 Å². The van der Waals surface area contributed by atoms with Crippen LogP contribution in [0, 0.1) is 0 Å². The summed E-state index contributed by atoms with van der Waals surface area (Å²) in [5, 5.41) is 1.98. The van der Waals surface area contributed by atoms with E-state index in [9.17, 15) is 4.79 Å². The summed E-state index contributed by atoms with van der Waals surface area (Å²) in [7, 11) is 0. The lowest BCUT2D eigenvalue weighted by molar-refractivity contribution is 0.559. The molecule has 3 aromatic rings. The van der Waals surface area contributed by atoms with Gasteiger partial charge >= 0.3 is 5.63 Å². The van der Waals surface area contributed by atoms with Crippen LogP contribution in [0.4, 0.5) is 0 Å². The summed E-state index contributed by atoms with van der Waals surface area (Å²) in [5.74, 6) is 0.926. The van der Waals surface area contributed by atoms with Crippen LogP contribution in [0.5, 0.6) is 0 Å². The lowest BCUT2D eigenvalue weighted by atomic mass is 10.0. The molecule has 1 aliphatic carbocycles. The molecule has 0 spiro atoms. The van der Waals surface area contributed by atoms with E-state index in [-0.39, 0.29) is 5.63 Å². The third-order valence-corrected chi connectivity index (χ3v) is 3.42. The molecule has 1 aliphatic rings. The fourth-order valence-corrected chi connectivity index (χ4v) is 2.58. The highest BCUT2D eigenvalue weighted by molar-refractivity contribution is 6.04. The van der Waals surface area contributed by atoms with Crippen molar-refractivity contribution in [2.45, 2.75) is 12.8 Å². The van der Waals surface area contributed by atoms with Crippen molar-refractivity contribution in [3.63, 3.8) is 0 Å². The largest absolute Gasteiger partial charge is 0.456 e. The van der Waals surface area contributed by atoms with Gasteiger partial charge in [-0.1, -0.05) is 6.08 Å². The van der Waals surface area contributed by atoms with Crippen molar-refractivity contribution in [2.75, 3.05) is 0 Å². The molecule has 0 atom stereocenters. The van der Waals surface area contributed by atoms with E-state index < -0.39 is 0 Å². The second-order valence-corrected chi connectivity index (χ2v) is 4.49. The van der Waals surface area contributed by atoms with Crippen LogP contribution in [0.15, 0.2) is 44.0 Å². The Bertz CT molecular complexity index is 849. The van der Waals surface area contributed by atoms with Crippen molar-refractivity contribution in [1.82, 2.24) is 0 Å². The SMILES string of the molecule is O=c1ccc2c(ccc3c4c(oc32)C=CCC4)o1. The lowest BCUT2D eigenvalue weighted by Gasteiger charge is -2.02. The monoisotopic (exact) mass is 238 g/mol. The molecule has 0 amide bonds. The van der Waals surface area contributed by atoms with Crippen LogP contribution in [-0.4, -0.2) is 0 Å². The van der Waals surface area contributed by atoms with Gasteiger partial charge in [0.05, 0.1) is 5.39 Å². The van der Waals surface area contributed by atoms with E-state index in [1.807, 2.05) is 18.2 Å². The summed E-state index contributed by atoms with van der Waals surface area (Å²) in [5.41, 5.74) is 2.30. The van der Waals surface area contributed by atoms with Crippen molar-refractivity contribution in [3.8, 4) is 0 Å². The third-order valence-electron chi connectivity index (χ3n) is 3.42. The number of hydrogen-bond acceptors (Lipinski definition) is 3. The molecule has 3 heteroatoms. The minimum atomic E-state index is -0.335. The Balaban J connectivity index is 2.20. The first kappa shape index (κ1) is 9.71. The van der Waals surface area contributed by atoms with Gasteiger partial charge in [0.15, 0.2) is 0 Å². The van der Waals surface area contributed by atoms with Gasteiger partial charge in [-0.05, 0) is 37.1 Å². The molecule has 2 aromatic heterocycles. The summed E-state index contributed by atoms with van der Waals surface area (Å²) < 4.78 is 11.1. The predicted molar refractivity (Wildman–Crippen MR) is 69.6 cm³/mol. The van der Waals surface area contributed by atoms with Gasteiger partial charge in [0.25, 0.3) is 0 Å². The summed E-state index contributed by atoms with van der Waals surface area (Å²) in [6, 6.07) is 7.01. The maximum Gasteiger partial charge on any atom is 0.336 e. The zero-order chi connectivity index (χ0) is 12.1.